The second-order valence-corrected chi connectivity index (χ2v) is 7.45. The van der Waals surface area contributed by atoms with Gasteiger partial charge < -0.3 is 39.6 Å². The molecule has 5 N–H and O–H groups in total. The van der Waals surface area contributed by atoms with Crippen molar-refractivity contribution in [3.8, 4) is 5.75 Å². The van der Waals surface area contributed by atoms with E-state index in [4.69, 9.17) is 14.3 Å². The highest BCUT2D eigenvalue weighted by atomic mass is 16.5. The molecule has 10 nitrogen and oxygen atoms in total. The number of hydrogen-bond donors (Lipinski definition) is 5. The van der Waals surface area contributed by atoms with E-state index < -0.39 is 49.2 Å². The van der Waals surface area contributed by atoms with Crippen LogP contribution >= 0.6 is 0 Å². The van der Waals surface area contributed by atoms with Crippen molar-refractivity contribution in [2.45, 2.75) is 24.4 Å². The van der Waals surface area contributed by atoms with Crippen LogP contribution in [-0.2, 0) is 4.79 Å². The number of likely N-dealkylation sites (N-methyl/N-ethyl adjacent to an activating group) is 1. The Morgan fingerprint density at radius 2 is 1.66 bits per heavy atom. The van der Waals surface area contributed by atoms with E-state index in [1.165, 1.54) is 13.1 Å². The normalized spacial score (nSPS) is 15.3. The van der Waals surface area contributed by atoms with E-state index in [0.29, 0.717) is 16.7 Å². The molecule has 0 saturated carbocycles. The first kappa shape index (κ1) is 23.6. The van der Waals surface area contributed by atoms with Gasteiger partial charge >= 0.3 is 5.63 Å². The topological polar surface area (TPSA) is 161 Å². The highest BCUT2D eigenvalue weighted by Crippen LogP contribution is 2.26. The Morgan fingerprint density at radius 1 is 1.00 bits per heavy atom. The lowest BCUT2D eigenvalue weighted by molar-refractivity contribution is -0.139. The summed E-state index contributed by atoms with van der Waals surface area (Å²) in [7, 11) is 1.36. The predicted molar refractivity (Wildman–Crippen MR) is 114 cm³/mol. The van der Waals surface area contributed by atoms with Gasteiger partial charge in [-0.2, -0.15) is 0 Å². The van der Waals surface area contributed by atoms with Gasteiger partial charge in [0.15, 0.2) is 6.61 Å². The van der Waals surface area contributed by atoms with Gasteiger partial charge in [0, 0.05) is 25.0 Å². The molecule has 0 aliphatic heterocycles. The molecule has 0 saturated heterocycles. The van der Waals surface area contributed by atoms with Gasteiger partial charge in [-0.3, -0.25) is 4.79 Å². The zero-order valence-electron chi connectivity index (χ0n) is 17.3. The van der Waals surface area contributed by atoms with Crippen LogP contribution in [0.15, 0.2) is 51.7 Å². The quantitative estimate of drug-likeness (QED) is 0.209. The molecule has 0 spiro atoms. The van der Waals surface area contributed by atoms with Gasteiger partial charge in [0.1, 0.15) is 35.7 Å². The molecule has 0 bridgehead atoms. The van der Waals surface area contributed by atoms with Crippen LogP contribution in [0.25, 0.3) is 21.7 Å². The lowest BCUT2D eigenvalue weighted by atomic mass is 10.0. The maximum atomic E-state index is 12.3. The van der Waals surface area contributed by atoms with E-state index in [-0.39, 0.29) is 6.54 Å². The molecule has 32 heavy (non-hydrogen) atoms. The minimum absolute atomic E-state index is 0.291. The van der Waals surface area contributed by atoms with Gasteiger partial charge in [-0.25, -0.2) is 4.79 Å². The first-order chi connectivity index (χ1) is 15.2. The third-order valence-electron chi connectivity index (χ3n) is 5.17. The molecule has 2 aromatic carbocycles. The Morgan fingerprint density at radius 3 is 2.34 bits per heavy atom. The highest BCUT2D eigenvalue weighted by molar-refractivity contribution is 6.04. The maximum Gasteiger partial charge on any atom is 0.344 e. The molecule has 172 valence electrons. The number of carbonyl (C=O) groups excluding carboxylic acids is 1. The van der Waals surface area contributed by atoms with Crippen LogP contribution < -0.4 is 10.4 Å². The third-order valence-corrected chi connectivity index (χ3v) is 5.17. The molecule has 10 heteroatoms. The lowest BCUT2D eigenvalue weighted by Crippen LogP contribution is -2.50. The van der Waals surface area contributed by atoms with Crippen LogP contribution in [0.4, 0.5) is 0 Å². The van der Waals surface area contributed by atoms with Gasteiger partial charge in [-0.1, -0.05) is 18.2 Å². The fourth-order valence-electron chi connectivity index (χ4n) is 3.26. The number of aliphatic hydroxyl groups is 5. The van der Waals surface area contributed by atoms with E-state index in [1.807, 2.05) is 12.1 Å². The van der Waals surface area contributed by atoms with E-state index in [9.17, 15) is 30.0 Å². The first-order valence-corrected chi connectivity index (χ1v) is 9.88. The van der Waals surface area contributed by atoms with Gasteiger partial charge in [0.25, 0.3) is 5.91 Å². The number of amides is 1. The maximum absolute atomic E-state index is 12.3. The van der Waals surface area contributed by atoms with E-state index in [2.05, 4.69) is 0 Å². The summed E-state index contributed by atoms with van der Waals surface area (Å²) in [6.45, 7) is -1.54. The zero-order chi connectivity index (χ0) is 23.4. The van der Waals surface area contributed by atoms with E-state index >= 15 is 0 Å². The van der Waals surface area contributed by atoms with Crippen molar-refractivity contribution in [2.24, 2.45) is 0 Å². The molecule has 1 amide bonds. The van der Waals surface area contributed by atoms with Crippen molar-refractivity contribution in [2.75, 3.05) is 26.8 Å². The first-order valence-electron chi connectivity index (χ1n) is 9.88. The zero-order valence-corrected chi connectivity index (χ0v) is 17.3. The molecule has 0 radical (unpaired) electrons. The summed E-state index contributed by atoms with van der Waals surface area (Å²) in [4.78, 5) is 25.6. The van der Waals surface area contributed by atoms with Crippen molar-refractivity contribution in [1.82, 2.24) is 4.90 Å². The van der Waals surface area contributed by atoms with Crippen LogP contribution in [-0.4, -0.2) is 87.6 Å². The van der Waals surface area contributed by atoms with Crippen LogP contribution in [0.3, 0.4) is 0 Å². The molecule has 0 fully saturated rings. The molecule has 3 rings (SSSR count). The van der Waals surface area contributed by atoms with Crippen molar-refractivity contribution < 1.29 is 39.5 Å². The minimum Gasteiger partial charge on any atom is -0.484 e. The fourth-order valence-corrected chi connectivity index (χ4v) is 3.26. The van der Waals surface area contributed by atoms with Crippen LogP contribution in [0, 0.1) is 0 Å². The molecular weight excluding hydrogens is 422 g/mol. The number of hydrogen-bond acceptors (Lipinski definition) is 9. The standard InChI is InChI=1S/C22H25NO9/c1-23(9-16(25)20(28)21(29)17(26)10-24)19(27)11-31-12-6-7-14-13-4-2-3-5-15(13)22(30)32-18(14)8-12/h2-8,16-17,20-21,24-26,28-29H,9-11H2,1H3/t16-,17+,20-,21-/m1/s1. The minimum atomic E-state index is -1.78. The summed E-state index contributed by atoms with van der Waals surface area (Å²) in [5, 5.41) is 49.6. The van der Waals surface area contributed by atoms with Gasteiger partial charge in [-0.05, 0) is 23.6 Å². The van der Waals surface area contributed by atoms with Crippen molar-refractivity contribution in [3.63, 3.8) is 0 Å². The molecule has 3 aromatic rings. The third kappa shape index (κ3) is 5.06. The van der Waals surface area contributed by atoms with Crippen molar-refractivity contribution in [1.29, 1.82) is 0 Å². The fraction of sp³-hybridized carbons (Fsp3) is 0.364. The number of ether oxygens (including phenoxy) is 1. The Labute approximate surface area is 182 Å². The molecule has 1 aromatic heterocycles. The molecule has 0 aliphatic carbocycles. The van der Waals surface area contributed by atoms with Crippen LogP contribution in [0.1, 0.15) is 0 Å². The van der Waals surface area contributed by atoms with Gasteiger partial charge in [-0.15, -0.1) is 0 Å². The smallest absolute Gasteiger partial charge is 0.344 e. The van der Waals surface area contributed by atoms with Crippen molar-refractivity contribution in [3.05, 3.63) is 52.9 Å². The number of carbonyl (C=O) groups is 1. The second-order valence-electron chi connectivity index (χ2n) is 7.45. The highest BCUT2D eigenvalue weighted by Gasteiger charge is 2.31. The predicted octanol–water partition coefficient (Wildman–Crippen LogP) is -0.781. The number of fused-ring (bicyclic) bond motifs is 3. The summed E-state index contributed by atoms with van der Waals surface area (Å²) < 4.78 is 10.8. The number of rotatable bonds is 9. The van der Waals surface area contributed by atoms with Crippen LogP contribution in [0.5, 0.6) is 5.75 Å². The average molecular weight is 447 g/mol. The summed E-state index contributed by atoms with van der Waals surface area (Å²) in [6.07, 6.45) is -6.75. The summed E-state index contributed by atoms with van der Waals surface area (Å²) in [5.74, 6) is -0.242. The van der Waals surface area contributed by atoms with Gasteiger partial charge in [0.2, 0.25) is 0 Å². The molecule has 1 heterocycles. The summed E-state index contributed by atoms with van der Waals surface area (Å²) in [5.41, 5.74) is -0.177. The summed E-state index contributed by atoms with van der Waals surface area (Å²) >= 11 is 0. The number of nitrogens with zero attached hydrogens (tertiary/aromatic N) is 1. The molecular formula is C22H25NO9. The monoisotopic (exact) mass is 447 g/mol. The largest absolute Gasteiger partial charge is 0.484 e. The molecule has 4 atom stereocenters. The second kappa shape index (κ2) is 10.1. The average Bonchev–Trinajstić information content (AvgIpc) is 2.80. The lowest BCUT2D eigenvalue weighted by Gasteiger charge is -2.28. The Hall–Kier alpha value is -3.02. The van der Waals surface area contributed by atoms with Crippen LogP contribution in [0.2, 0.25) is 0 Å². The Balaban J connectivity index is 1.64. The number of aliphatic hydroxyl groups excluding tert-OH is 5. The van der Waals surface area contributed by atoms with Crippen molar-refractivity contribution >= 4 is 27.6 Å². The van der Waals surface area contributed by atoms with E-state index in [1.54, 1.807) is 24.3 Å². The molecule has 0 unspecified atom stereocenters. The van der Waals surface area contributed by atoms with E-state index in [0.717, 1.165) is 15.7 Å². The molecule has 0 aliphatic rings. The van der Waals surface area contributed by atoms with Gasteiger partial charge in [0.05, 0.1) is 12.0 Å². The SMILES string of the molecule is CN(C[C@@H](O)[C@@H](O)[C@H](O)[C@@H](O)CO)C(=O)COc1ccc2c(c1)oc(=O)c1ccccc12. The number of benzene rings is 2. The summed E-state index contributed by atoms with van der Waals surface area (Å²) in [6, 6.07) is 11.9. The Kier molecular flexibility index (Phi) is 7.44. The Bertz CT molecular complexity index is 1150.